The molecule has 0 fully saturated rings. The molecule has 8 heteroatoms. The van der Waals surface area contributed by atoms with E-state index >= 15 is 0 Å². The molecule has 1 aromatic heterocycles. The van der Waals surface area contributed by atoms with Gasteiger partial charge in [0.1, 0.15) is 6.33 Å². The summed E-state index contributed by atoms with van der Waals surface area (Å²) in [6.45, 7) is 0. The van der Waals surface area contributed by atoms with Gasteiger partial charge in [-0.15, -0.1) is 0 Å². The lowest BCUT2D eigenvalue weighted by Gasteiger charge is -2.02. The molecule has 0 radical (unpaired) electrons. The molecule has 8 nitrogen and oxygen atoms in total. The van der Waals surface area contributed by atoms with Gasteiger partial charge in [-0.3, -0.25) is 15.3 Å². The van der Waals surface area contributed by atoms with Crippen LogP contribution in [-0.2, 0) is 4.74 Å². The number of methoxy groups -OCH3 is 1. The minimum Gasteiger partial charge on any atom is -0.452 e. The van der Waals surface area contributed by atoms with Gasteiger partial charge in [0.2, 0.25) is 5.82 Å². The number of carbonyl (C=O) groups excluding carboxylic acids is 2. The Balaban J connectivity index is 2.39. The average molecular weight is 185 g/mol. The van der Waals surface area contributed by atoms with Gasteiger partial charge in [0.05, 0.1) is 7.11 Å². The van der Waals surface area contributed by atoms with Gasteiger partial charge in [0, 0.05) is 0 Å². The van der Waals surface area contributed by atoms with E-state index in [-0.39, 0.29) is 5.82 Å². The van der Waals surface area contributed by atoms with E-state index in [2.05, 4.69) is 19.9 Å². The summed E-state index contributed by atoms with van der Waals surface area (Å²) < 4.78 is 4.21. The van der Waals surface area contributed by atoms with E-state index in [1.54, 1.807) is 0 Å². The van der Waals surface area contributed by atoms with Gasteiger partial charge in [-0.1, -0.05) is 0 Å². The molecule has 0 atom stereocenters. The predicted molar refractivity (Wildman–Crippen MR) is 39.4 cm³/mol. The molecule has 2 amide bonds. The molecule has 0 saturated heterocycles. The lowest BCUT2D eigenvalue weighted by molar-refractivity contribution is 0.0910. The highest BCUT2D eigenvalue weighted by atomic mass is 16.5. The maximum atomic E-state index is 11.0. The van der Waals surface area contributed by atoms with Gasteiger partial charge >= 0.3 is 12.0 Å². The SMILES string of the molecule is COC(=O)NNC(=O)c1ncn[nH]1. The molecule has 0 aliphatic heterocycles. The molecule has 70 valence electrons. The Kier molecular flexibility index (Phi) is 2.79. The number of nitrogens with zero attached hydrogens (tertiary/aromatic N) is 2. The van der Waals surface area contributed by atoms with Crippen LogP contribution in [0.2, 0.25) is 0 Å². The Morgan fingerprint density at radius 3 is 2.85 bits per heavy atom. The minimum absolute atomic E-state index is 0.00333. The Morgan fingerprint density at radius 2 is 2.31 bits per heavy atom. The number of hydrogen-bond acceptors (Lipinski definition) is 5. The number of hydrogen-bond donors (Lipinski definition) is 3. The topological polar surface area (TPSA) is 109 Å². The summed E-state index contributed by atoms with van der Waals surface area (Å²) in [7, 11) is 1.18. The Bertz CT molecular complexity index is 295. The maximum Gasteiger partial charge on any atom is 0.425 e. The highest BCUT2D eigenvalue weighted by molar-refractivity contribution is 5.91. The second kappa shape index (κ2) is 4.04. The van der Waals surface area contributed by atoms with Crippen LogP contribution in [0, 0.1) is 0 Å². The zero-order valence-corrected chi connectivity index (χ0v) is 6.70. The quantitative estimate of drug-likeness (QED) is 0.476. The van der Waals surface area contributed by atoms with Crippen LogP contribution in [0.15, 0.2) is 6.33 Å². The van der Waals surface area contributed by atoms with E-state index in [9.17, 15) is 9.59 Å². The third kappa shape index (κ3) is 2.43. The molecule has 3 N–H and O–H groups in total. The van der Waals surface area contributed by atoms with Gasteiger partial charge in [0.25, 0.3) is 0 Å². The maximum absolute atomic E-state index is 11.0. The summed E-state index contributed by atoms with van der Waals surface area (Å²) in [5, 5.41) is 5.76. The van der Waals surface area contributed by atoms with Crippen LogP contribution < -0.4 is 10.9 Å². The van der Waals surface area contributed by atoms with E-state index in [0.29, 0.717) is 0 Å². The fourth-order valence-corrected chi connectivity index (χ4v) is 0.533. The van der Waals surface area contributed by atoms with E-state index in [1.807, 2.05) is 10.9 Å². The summed E-state index contributed by atoms with van der Waals surface area (Å²) in [6.07, 6.45) is 0.403. The van der Waals surface area contributed by atoms with Gasteiger partial charge in [0.15, 0.2) is 0 Å². The van der Waals surface area contributed by atoms with E-state index in [0.717, 1.165) is 0 Å². The van der Waals surface area contributed by atoms with Crippen LogP contribution in [0.4, 0.5) is 4.79 Å². The van der Waals surface area contributed by atoms with Crippen molar-refractivity contribution in [3.05, 3.63) is 12.2 Å². The number of hydrazine groups is 1. The van der Waals surface area contributed by atoms with Crippen LogP contribution in [-0.4, -0.2) is 34.3 Å². The first-order valence-corrected chi connectivity index (χ1v) is 3.23. The monoisotopic (exact) mass is 185 g/mol. The third-order valence-electron chi connectivity index (χ3n) is 1.09. The average Bonchev–Trinajstić information content (AvgIpc) is 2.66. The number of aromatic amines is 1. The number of nitrogens with one attached hydrogen (secondary N) is 3. The van der Waals surface area contributed by atoms with Gasteiger partial charge in [-0.25, -0.2) is 15.2 Å². The first-order valence-electron chi connectivity index (χ1n) is 3.23. The predicted octanol–water partition coefficient (Wildman–Crippen LogP) is -1.19. The summed E-state index contributed by atoms with van der Waals surface area (Å²) in [5.74, 6) is -0.612. The van der Waals surface area contributed by atoms with Gasteiger partial charge in [-0.2, -0.15) is 5.10 Å². The molecular weight excluding hydrogens is 178 g/mol. The van der Waals surface area contributed by atoms with Crippen molar-refractivity contribution in [3.8, 4) is 0 Å². The van der Waals surface area contributed by atoms with Crippen molar-refractivity contribution in [2.24, 2.45) is 0 Å². The van der Waals surface area contributed by atoms with Crippen molar-refractivity contribution in [2.45, 2.75) is 0 Å². The van der Waals surface area contributed by atoms with Crippen LogP contribution in [0.5, 0.6) is 0 Å². The Morgan fingerprint density at radius 1 is 1.54 bits per heavy atom. The van der Waals surface area contributed by atoms with Crippen molar-refractivity contribution in [3.63, 3.8) is 0 Å². The van der Waals surface area contributed by atoms with Crippen molar-refractivity contribution >= 4 is 12.0 Å². The molecule has 0 bridgehead atoms. The van der Waals surface area contributed by atoms with E-state index in [1.165, 1.54) is 13.4 Å². The Labute approximate surface area is 72.6 Å². The fourth-order valence-electron chi connectivity index (χ4n) is 0.533. The summed E-state index contributed by atoms with van der Waals surface area (Å²) >= 11 is 0. The van der Waals surface area contributed by atoms with Gasteiger partial charge < -0.3 is 4.74 Å². The minimum atomic E-state index is -0.770. The van der Waals surface area contributed by atoms with Crippen molar-refractivity contribution in [1.29, 1.82) is 0 Å². The first-order chi connectivity index (χ1) is 6.24. The zero-order chi connectivity index (χ0) is 9.68. The van der Waals surface area contributed by atoms with Gasteiger partial charge in [-0.05, 0) is 0 Å². The number of H-pyrrole nitrogens is 1. The standard InChI is InChI=1S/C5H7N5O3/c1-13-5(12)10-9-4(11)3-6-2-7-8-3/h2H,1H3,(H,9,11)(H,10,12)(H,6,7,8). The number of rotatable bonds is 1. The Hall–Kier alpha value is -2.12. The molecule has 0 saturated carbocycles. The normalized spacial score (nSPS) is 9.00. The summed E-state index contributed by atoms with van der Waals surface area (Å²) in [4.78, 5) is 25.1. The van der Waals surface area contributed by atoms with Crippen molar-refractivity contribution in [2.75, 3.05) is 7.11 Å². The van der Waals surface area contributed by atoms with Crippen LogP contribution in [0.1, 0.15) is 10.6 Å². The molecule has 1 rings (SSSR count). The number of amides is 2. The molecule has 13 heavy (non-hydrogen) atoms. The van der Waals surface area contributed by atoms with E-state index in [4.69, 9.17) is 0 Å². The lowest BCUT2D eigenvalue weighted by atomic mass is 10.6. The lowest BCUT2D eigenvalue weighted by Crippen LogP contribution is -2.41. The number of aromatic nitrogens is 3. The molecule has 1 aromatic rings. The largest absolute Gasteiger partial charge is 0.452 e. The molecule has 0 aromatic carbocycles. The molecule has 0 aliphatic rings. The van der Waals surface area contributed by atoms with Crippen molar-refractivity contribution in [1.82, 2.24) is 26.0 Å². The van der Waals surface area contributed by atoms with Crippen LogP contribution >= 0.6 is 0 Å². The molecule has 0 unspecified atom stereocenters. The van der Waals surface area contributed by atoms with Crippen LogP contribution in [0.25, 0.3) is 0 Å². The molecular formula is C5H7N5O3. The third-order valence-corrected chi connectivity index (χ3v) is 1.09. The zero-order valence-electron chi connectivity index (χ0n) is 6.70. The highest BCUT2D eigenvalue weighted by Crippen LogP contribution is 1.82. The van der Waals surface area contributed by atoms with E-state index < -0.39 is 12.0 Å². The number of carbonyl (C=O) groups is 2. The second-order valence-corrected chi connectivity index (χ2v) is 1.90. The molecule has 0 spiro atoms. The summed E-state index contributed by atoms with van der Waals surface area (Å²) in [5.41, 5.74) is 4.01. The smallest absolute Gasteiger partial charge is 0.425 e. The second-order valence-electron chi connectivity index (χ2n) is 1.90. The molecule has 1 heterocycles. The highest BCUT2D eigenvalue weighted by Gasteiger charge is 2.08. The summed E-state index contributed by atoms with van der Waals surface area (Å²) in [6, 6.07) is 0. The number of ether oxygens (including phenoxy) is 1. The fraction of sp³-hybridized carbons (Fsp3) is 0.200. The molecule has 0 aliphatic carbocycles. The first kappa shape index (κ1) is 8.97. The van der Waals surface area contributed by atoms with Crippen LogP contribution in [0.3, 0.4) is 0 Å². The van der Waals surface area contributed by atoms with Crippen molar-refractivity contribution < 1.29 is 14.3 Å².